The molecule has 2 aromatic heterocycles. The van der Waals surface area contributed by atoms with Crippen LogP contribution < -0.4 is 16.4 Å². The van der Waals surface area contributed by atoms with E-state index in [1.807, 2.05) is 6.07 Å². The van der Waals surface area contributed by atoms with Crippen LogP contribution in [0.1, 0.15) is 17.7 Å². The van der Waals surface area contributed by atoms with Crippen LogP contribution >= 0.6 is 0 Å². The van der Waals surface area contributed by atoms with E-state index in [-0.39, 0.29) is 17.2 Å². The zero-order valence-corrected chi connectivity index (χ0v) is 21.4. The Balaban J connectivity index is 1.47. The summed E-state index contributed by atoms with van der Waals surface area (Å²) in [5, 5.41) is 4.35. The number of aryl methyl sites for hydroxylation is 1. The van der Waals surface area contributed by atoms with E-state index in [0.717, 1.165) is 49.9 Å². The fourth-order valence-corrected chi connectivity index (χ4v) is 4.90. The van der Waals surface area contributed by atoms with Gasteiger partial charge < -0.3 is 16.2 Å². The smallest absolute Gasteiger partial charge is 0.382 e. The number of carbonyl (C=O) groups excluding carboxylic acids is 1. The third-order valence-electron chi connectivity index (χ3n) is 6.82. The summed E-state index contributed by atoms with van der Waals surface area (Å²) in [6.07, 6.45) is -1.77. The molecule has 0 saturated carbocycles. The first-order valence-corrected chi connectivity index (χ1v) is 12.6. The molecule has 0 spiro atoms. The van der Waals surface area contributed by atoms with Crippen LogP contribution in [0.15, 0.2) is 54.9 Å². The first-order valence-electron chi connectivity index (χ1n) is 12.6. The lowest BCUT2D eigenvalue weighted by molar-refractivity contribution is -0.137. The highest BCUT2D eigenvalue weighted by Crippen LogP contribution is 2.37. The Bertz CT molecular complexity index is 1530. The number of aromatic nitrogens is 3. The van der Waals surface area contributed by atoms with Gasteiger partial charge in [-0.05, 0) is 61.3 Å². The van der Waals surface area contributed by atoms with Gasteiger partial charge in [-0.15, -0.1) is 0 Å². The molecule has 0 unspecified atom stereocenters. The molecule has 4 aromatic rings. The molecule has 2 aromatic carbocycles. The van der Waals surface area contributed by atoms with E-state index in [2.05, 4.69) is 15.0 Å². The van der Waals surface area contributed by atoms with E-state index in [1.165, 1.54) is 24.5 Å². The monoisotopic (exact) mass is 557 g/mol. The van der Waals surface area contributed by atoms with Crippen LogP contribution in [-0.4, -0.2) is 58.4 Å². The summed E-state index contributed by atoms with van der Waals surface area (Å²) in [5.74, 6) is -0.658. The van der Waals surface area contributed by atoms with Crippen molar-refractivity contribution >= 4 is 28.7 Å². The van der Waals surface area contributed by atoms with E-state index in [0.29, 0.717) is 41.2 Å². The van der Waals surface area contributed by atoms with Crippen molar-refractivity contribution in [1.82, 2.24) is 19.5 Å². The molecule has 210 valence electrons. The third kappa shape index (κ3) is 5.56. The van der Waals surface area contributed by atoms with E-state index in [9.17, 15) is 18.0 Å². The summed E-state index contributed by atoms with van der Waals surface area (Å²) in [6.45, 7) is 4.07. The average Bonchev–Trinajstić information content (AvgIpc) is 3.30. The molecule has 1 fully saturated rings. The number of benzene rings is 2. The lowest BCUT2D eigenvalue weighted by Crippen LogP contribution is -2.37. The average molecular weight is 558 g/mol. The number of ether oxygens (including phenoxy) is 1. The topological polar surface area (TPSA) is 115 Å². The zero-order valence-electron chi connectivity index (χ0n) is 21.4. The van der Waals surface area contributed by atoms with Crippen molar-refractivity contribution in [1.29, 1.82) is 0 Å². The number of primary amides is 1. The minimum Gasteiger partial charge on any atom is -0.382 e. The molecule has 5 rings (SSSR count). The van der Waals surface area contributed by atoms with E-state index < -0.39 is 23.6 Å². The number of amides is 2. The summed E-state index contributed by atoms with van der Waals surface area (Å²) < 4.78 is 62.4. The van der Waals surface area contributed by atoms with Crippen molar-refractivity contribution in [2.75, 3.05) is 43.5 Å². The van der Waals surface area contributed by atoms with Crippen molar-refractivity contribution in [3.63, 3.8) is 0 Å². The highest BCUT2D eigenvalue weighted by Gasteiger charge is 2.32. The second-order valence-corrected chi connectivity index (χ2v) is 9.40. The number of nitrogens with two attached hydrogens (primary N) is 2. The highest BCUT2D eigenvalue weighted by atomic mass is 19.4. The Hall–Kier alpha value is -4.23. The van der Waals surface area contributed by atoms with E-state index in [1.54, 1.807) is 10.6 Å². The number of urea groups is 1. The summed E-state index contributed by atoms with van der Waals surface area (Å²) in [4.78, 5) is 19.4. The number of hydrogen-bond acceptors (Lipinski definition) is 6. The molecular formula is C27H27F4N7O2. The fourth-order valence-electron chi connectivity index (χ4n) is 4.90. The number of alkyl halides is 3. The molecule has 3 heterocycles. The molecule has 2 amide bonds. The number of hydrogen-bond donors (Lipinski definition) is 2. The second kappa shape index (κ2) is 11.1. The van der Waals surface area contributed by atoms with E-state index >= 15 is 4.39 Å². The summed E-state index contributed by atoms with van der Waals surface area (Å²) in [5.41, 5.74) is 12.5. The minimum atomic E-state index is -4.65. The molecule has 0 atom stereocenters. The summed E-state index contributed by atoms with van der Waals surface area (Å²) in [7, 11) is 0. The van der Waals surface area contributed by atoms with Gasteiger partial charge in [0.05, 0.1) is 30.2 Å². The Morgan fingerprint density at radius 3 is 2.58 bits per heavy atom. The van der Waals surface area contributed by atoms with Gasteiger partial charge in [0.2, 0.25) is 0 Å². The first-order chi connectivity index (χ1) is 19.1. The number of fused-ring (bicyclic) bond motifs is 1. The first kappa shape index (κ1) is 27.3. The Labute approximate surface area is 226 Å². The number of rotatable bonds is 7. The number of halogens is 4. The quantitative estimate of drug-likeness (QED) is 0.321. The molecule has 40 heavy (non-hydrogen) atoms. The van der Waals surface area contributed by atoms with Gasteiger partial charge in [0, 0.05) is 24.3 Å². The van der Waals surface area contributed by atoms with Gasteiger partial charge in [-0.2, -0.15) is 18.3 Å². The normalized spacial score (nSPS) is 14.5. The van der Waals surface area contributed by atoms with Crippen LogP contribution in [0.4, 0.5) is 39.5 Å². The van der Waals surface area contributed by atoms with Crippen LogP contribution in [0.3, 0.4) is 0 Å². The largest absolute Gasteiger partial charge is 0.416 e. The van der Waals surface area contributed by atoms with Gasteiger partial charge in [-0.25, -0.2) is 18.7 Å². The van der Waals surface area contributed by atoms with Crippen molar-refractivity contribution < 1.29 is 27.1 Å². The molecule has 4 N–H and O–H groups in total. The summed E-state index contributed by atoms with van der Waals surface area (Å²) >= 11 is 0. The lowest BCUT2D eigenvalue weighted by atomic mass is 10.0. The number of nitrogens with zero attached hydrogens (tertiary/aromatic N) is 5. The van der Waals surface area contributed by atoms with Crippen molar-refractivity contribution in [2.45, 2.75) is 19.0 Å². The van der Waals surface area contributed by atoms with Crippen LogP contribution in [0.2, 0.25) is 0 Å². The molecular weight excluding hydrogens is 530 g/mol. The highest BCUT2D eigenvalue weighted by molar-refractivity contribution is 5.99. The molecule has 13 heteroatoms. The van der Waals surface area contributed by atoms with Crippen LogP contribution in [0.5, 0.6) is 0 Å². The molecule has 9 nitrogen and oxygen atoms in total. The molecule has 1 saturated heterocycles. The Kier molecular flexibility index (Phi) is 7.59. The molecule has 0 aliphatic carbocycles. The van der Waals surface area contributed by atoms with Crippen molar-refractivity contribution in [3.05, 3.63) is 71.9 Å². The predicted octanol–water partition coefficient (Wildman–Crippen LogP) is 4.62. The van der Waals surface area contributed by atoms with Crippen LogP contribution in [0, 0.1) is 5.82 Å². The number of anilines is 3. The minimum absolute atomic E-state index is 0.205. The number of nitrogen functional groups attached to an aromatic ring is 1. The predicted molar refractivity (Wildman–Crippen MR) is 142 cm³/mol. The van der Waals surface area contributed by atoms with E-state index in [4.69, 9.17) is 16.2 Å². The van der Waals surface area contributed by atoms with Gasteiger partial charge in [-0.3, -0.25) is 9.80 Å². The van der Waals surface area contributed by atoms with Gasteiger partial charge in [0.1, 0.15) is 17.7 Å². The standard InChI is InChI=1S/C27H27F4N7O2/c28-22-13-17(6-7-23(22)37(26(33)39)19-4-1-3-18(14-19)27(29,30)31)21-15-20(38-24(21)25(32)34-16-35-38)5-2-8-36-9-11-40-12-10-36/h1,3-4,6-7,13-16H,2,5,8-12H2,(H2,33,39)(H2,32,34,35). The van der Waals surface area contributed by atoms with Gasteiger partial charge in [0.25, 0.3) is 0 Å². The van der Waals surface area contributed by atoms with Gasteiger partial charge >= 0.3 is 12.2 Å². The van der Waals surface area contributed by atoms with Crippen molar-refractivity contribution in [2.24, 2.45) is 5.73 Å². The second-order valence-electron chi connectivity index (χ2n) is 9.40. The van der Waals surface area contributed by atoms with Gasteiger partial charge in [0.15, 0.2) is 5.82 Å². The third-order valence-corrected chi connectivity index (χ3v) is 6.82. The Morgan fingerprint density at radius 2 is 1.88 bits per heavy atom. The summed E-state index contributed by atoms with van der Waals surface area (Å²) in [6, 6.07) is 8.70. The number of morpholine rings is 1. The fraction of sp³-hybridized carbons (Fsp3) is 0.296. The van der Waals surface area contributed by atoms with Crippen LogP contribution in [0.25, 0.3) is 16.6 Å². The maximum Gasteiger partial charge on any atom is 0.416 e. The molecule has 1 aliphatic heterocycles. The Morgan fingerprint density at radius 1 is 1.10 bits per heavy atom. The maximum absolute atomic E-state index is 15.5. The molecule has 0 radical (unpaired) electrons. The zero-order chi connectivity index (χ0) is 28.4. The van der Waals surface area contributed by atoms with Crippen molar-refractivity contribution in [3.8, 4) is 11.1 Å². The maximum atomic E-state index is 15.5. The lowest BCUT2D eigenvalue weighted by Gasteiger charge is -2.26. The van der Waals surface area contributed by atoms with Crippen LogP contribution in [-0.2, 0) is 17.3 Å². The SMILES string of the molecule is NC(=O)N(c1cccc(C(F)(F)F)c1)c1ccc(-c2cc(CCCN3CCOCC3)n3ncnc(N)c23)cc1F. The molecule has 1 aliphatic rings. The van der Waals surface area contributed by atoms with Gasteiger partial charge in [-0.1, -0.05) is 12.1 Å². The number of carbonyl (C=O) groups is 1. The molecule has 0 bridgehead atoms.